The lowest BCUT2D eigenvalue weighted by molar-refractivity contribution is 0.0888. The highest BCUT2D eigenvalue weighted by atomic mass is 35.5. The molecule has 130 valence electrons. The van der Waals surface area contributed by atoms with Crippen LogP contribution in [0.25, 0.3) is 0 Å². The van der Waals surface area contributed by atoms with E-state index in [0.29, 0.717) is 5.02 Å². The number of sulfonamides is 1. The predicted octanol–water partition coefficient (Wildman–Crippen LogP) is 2.81. The average molecular weight is 372 g/mol. The second-order valence-electron chi connectivity index (χ2n) is 6.24. The van der Waals surface area contributed by atoms with E-state index in [9.17, 15) is 8.42 Å². The normalized spacial score (nSPS) is 18.6. The zero-order valence-electron chi connectivity index (χ0n) is 13.3. The minimum atomic E-state index is -3.65. The van der Waals surface area contributed by atoms with Gasteiger partial charge in [-0.15, -0.1) is 0 Å². The maximum Gasteiger partial charge on any atom is 0.262 e. The van der Waals surface area contributed by atoms with Crippen molar-refractivity contribution in [1.82, 2.24) is 13.9 Å². The Balaban J connectivity index is 1.67. The molecule has 3 rings (SSSR count). The van der Waals surface area contributed by atoms with Gasteiger partial charge in [-0.2, -0.15) is 4.31 Å². The number of alkyl halides is 1. The Hall–Kier alpha value is -1.44. The third kappa shape index (κ3) is 3.63. The fraction of sp³-hybridized carbons (Fsp3) is 0.438. The van der Waals surface area contributed by atoms with Crippen molar-refractivity contribution in [2.45, 2.75) is 30.0 Å². The monoisotopic (exact) mass is 371 g/mol. The number of hydrogen-bond donors (Lipinski definition) is 0. The zero-order valence-corrected chi connectivity index (χ0v) is 14.9. The van der Waals surface area contributed by atoms with E-state index in [1.165, 1.54) is 16.8 Å². The van der Waals surface area contributed by atoms with Gasteiger partial charge in [-0.3, -0.25) is 0 Å². The molecule has 24 heavy (non-hydrogen) atoms. The van der Waals surface area contributed by atoms with Crippen LogP contribution in [0.5, 0.6) is 0 Å². The lowest BCUT2D eigenvalue weighted by atomic mass is 9.88. The number of halogens is 2. The molecule has 0 spiro atoms. The second kappa shape index (κ2) is 6.46. The van der Waals surface area contributed by atoms with Gasteiger partial charge in [-0.1, -0.05) is 23.7 Å². The Kier molecular flexibility index (Phi) is 4.68. The number of nitrogens with zero attached hydrogens (tertiary/aromatic N) is 3. The first-order valence-corrected chi connectivity index (χ1v) is 9.52. The Morgan fingerprint density at radius 2 is 1.88 bits per heavy atom. The molecule has 0 saturated carbocycles. The van der Waals surface area contributed by atoms with E-state index >= 15 is 4.39 Å². The smallest absolute Gasteiger partial charge is 0.262 e. The van der Waals surface area contributed by atoms with Gasteiger partial charge in [0.05, 0.1) is 6.33 Å². The predicted molar refractivity (Wildman–Crippen MR) is 90.2 cm³/mol. The summed E-state index contributed by atoms with van der Waals surface area (Å²) in [6, 6.07) is 7.09. The summed E-state index contributed by atoms with van der Waals surface area (Å²) >= 11 is 5.84. The first kappa shape index (κ1) is 17.4. The van der Waals surface area contributed by atoms with Crippen LogP contribution in [0.1, 0.15) is 18.4 Å². The molecule has 1 aromatic carbocycles. The Bertz CT molecular complexity index is 812. The highest BCUT2D eigenvalue weighted by molar-refractivity contribution is 7.89. The minimum Gasteiger partial charge on any atom is -0.339 e. The van der Waals surface area contributed by atoms with Gasteiger partial charge in [0.1, 0.15) is 5.67 Å². The second-order valence-corrected chi connectivity index (χ2v) is 8.56. The summed E-state index contributed by atoms with van der Waals surface area (Å²) in [5.41, 5.74) is -0.535. The van der Waals surface area contributed by atoms with Gasteiger partial charge in [0.2, 0.25) is 0 Å². The van der Waals surface area contributed by atoms with Gasteiger partial charge in [0.15, 0.2) is 5.03 Å². The van der Waals surface area contributed by atoms with Crippen molar-refractivity contribution >= 4 is 21.6 Å². The van der Waals surface area contributed by atoms with Gasteiger partial charge < -0.3 is 4.57 Å². The molecule has 0 N–H and O–H groups in total. The van der Waals surface area contributed by atoms with Crippen molar-refractivity contribution in [2.75, 3.05) is 13.1 Å². The molecule has 1 saturated heterocycles. The first-order chi connectivity index (χ1) is 11.3. The van der Waals surface area contributed by atoms with Crippen LogP contribution in [0, 0.1) is 0 Å². The Labute approximate surface area is 146 Å². The molecule has 1 aromatic heterocycles. The van der Waals surface area contributed by atoms with Crippen molar-refractivity contribution in [3.05, 3.63) is 47.4 Å². The van der Waals surface area contributed by atoms with Crippen LogP contribution in [0.3, 0.4) is 0 Å². The number of hydrogen-bond acceptors (Lipinski definition) is 3. The van der Waals surface area contributed by atoms with Gasteiger partial charge in [-0.25, -0.2) is 17.8 Å². The molecule has 1 fully saturated rings. The molecule has 0 aliphatic carbocycles. The topological polar surface area (TPSA) is 55.2 Å². The van der Waals surface area contributed by atoms with E-state index in [2.05, 4.69) is 4.98 Å². The van der Waals surface area contributed by atoms with Crippen LogP contribution < -0.4 is 0 Å². The fourth-order valence-corrected chi connectivity index (χ4v) is 4.46. The van der Waals surface area contributed by atoms with Crippen LogP contribution in [0.15, 0.2) is 41.8 Å². The van der Waals surface area contributed by atoms with Gasteiger partial charge in [-0.05, 0) is 30.5 Å². The molecule has 0 amide bonds. The molecule has 1 aliphatic heterocycles. The third-order valence-corrected chi connectivity index (χ3v) is 6.37. The van der Waals surface area contributed by atoms with E-state index in [1.807, 2.05) is 0 Å². The number of imidazole rings is 1. The number of rotatable bonds is 4. The first-order valence-electron chi connectivity index (χ1n) is 7.70. The maximum atomic E-state index is 15.1. The van der Waals surface area contributed by atoms with Gasteiger partial charge in [0.25, 0.3) is 10.0 Å². The number of aryl methyl sites for hydroxylation is 1. The highest BCUT2D eigenvalue weighted by Crippen LogP contribution is 2.32. The van der Waals surface area contributed by atoms with Crippen LogP contribution in [-0.4, -0.2) is 41.0 Å². The van der Waals surface area contributed by atoms with Crippen LogP contribution in [-0.2, 0) is 23.5 Å². The summed E-state index contributed by atoms with van der Waals surface area (Å²) in [5, 5.41) is 0.622. The van der Waals surface area contributed by atoms with Crippen molar-refractivity contribution in [1.29, 1.82) is 0 Å². The Morgan fingerprint density at radius 1 is 1.25 bits per heavy atom. The minimum absolute atomic E-state index is 0.00839. The highest BCUT2D eigenvalue weighted by Gasteiger charge is 2.39. The standard InChI is InChI=1S/C16H19ClFN3O2S/c1-20-11-15(19-12-20)24(22,23)21-8-6-16(18,7-9-21)10-13-2-4-14(17)5-3-13/h2-5,11-12H,6-10H2,1H3. The van der Waals surface area contributed by atoms with Crippen molar-refractivity contribution in [3.63, 3.8) is 0 Å². The Morgan fingerprint density at radius 3 is 2.42 bits per heavy atom. The quantitative estimate of drug-likeness (QED) is 0.830. The molecule has 8 heteroatoms. The lowest BCUT2D eigenvalue weighted by Gasteiger charge is -2.35. The fourth-order valence-electron chi connectivity index (χ4n) is 2.93. The molecule has 0 radical (unpaired) electrons. The molecular weight excluding hydrogens is 353 g/mol. The molecule has 0 atom stereocenters. The molecule has 5 nitrogen and oxygen atoms in total. The van der Waals surface area contributed by atoms with Gasteiger partial charge >= 0.3 is 0 Å². The lowest BCUT2D eigenvalue weighted by Crippen LogP contribution is -2.45. The van der Waals surface area contributed by atoms with E-state index in [-0.39, 0.29) is 37.4 Å². The summed E-state index contributed by atoms with van der Waals surface area (Å²) in [4.78, 5) is 3.90. The van der Waals surface area contributed by atoms with E-state index in [4.69, 9.17) is 11.6 Å². The zero-order chi connectivity index (χ0) is 17.4. The number of benzene rings is 1. The SMILES string of the molecule is Cn1cnc(S(=O)(=O)N2CCC(F)(Cc3ccc(Cl)cc3)CC2)c1. The number of aromatic nitrogens is 2. The summed E-state index contributed by atoms with van der Waals surface area (Å²) < 4.78 is 43.0. The number of piperidine rings is 1. The van der Waals surface area contributed by atoms with Crippen molar-refractivity contribution in [2.24, 2.45) is 7.05 Å². The van der Waals surface area contributed by atoms with E-state index < -0.39 is 15.7 Å². The summed E-state index contributed by atoms with van der Waals surface area (Å²) in [5.74, 6) is 0. The third-order valence-electron chi connectivity index (χ3n) is 4.34. The van der Waals surface area contributed by atoms with Crippen LogP contribution in [0.4, 0.5) is 4.39 Å². The molecule has 0 bridgehead atoms. The van der Waals surface area contributed by atoms with E-state index in [0.717, 1.165) is 5.56 Å². The molecule has 2 aromatic rings. The van der Waals surface area contributed by atoms with Crippen molar-refractivity contribution in [3.8, 4) is 0 Å². The molecular formula is C16H19ClFN3O2S. The summed E-state index contributed by atoms with van der Waals surface area (Å²) in [7, 11) is -1.94. The van der Waals surface area contributed by atoms with Gasteiger partial charge in [0, 0.05) is 37.8 Å². The molecule has 1 aliphatic rings. The molecule has 0 unspecified atom stereocenters. The molecule has 2 heterocycles. The van der Waals surface area contributed by atoms with E-state index in [1.54, 1.807) is 35.9 Å². The average Bonchev–Trinajstić information content (AvgIpc) is 2.97. The van der Waals surface area contributed by atoms with Crippen LogP contribution in [0.2, 0.25) is 5.02 Å². The summed E-state index contributed by atoms with van der Waals surface area (Å²) in [6.07, 6.45) is 3.50. The van der Waals surface area contributed by atoms with Crippen LogP contribution >= 0.6 is 11.6 Å². The maximum absolute atomic E-state index is 15.1. The largest absolute Gasteiger partial charge is 0.339 e. The summed E-state index contributed by atoms with van der Waals surface area (Å²) in [6.45, 7) is 0.312. The van der Waals surface area contributed by atoms with Crippen molar-refractivity contribution < 1.29 is 12.8 Å².